The Bertz CT molecular complexity index is 518. The zero-order valence-electron chi connectivity index (χ0n) is 14.7. The van der Waals surface area contributed by atoms with Crippen LogP contribution >= 0.6 is 0 Å². The summed E-state index contributed by atoms with van der Waals surface area (Å²) in [5.74, 6) is 1.97. The van der Waals surface area contributed by atoms with Crippen molar-refractivity contribution in [2.24, 2.45) is 0 Å². The molecule has 1 aromatic rings. The molecule has 1 aliphatic heterocycles. The third-order valence-corrected chi connectivity index (χ3v) is 4.32. The number of rotatable bonds is 8. The van der Waals surface area contributed by atoms with Crippen molar-refractivity contribution in [3.8, 4) is 17.2 Å². The number of piperazine rings is 1. The number of nitrogens with zero attached hydrogens (tertiary/aromatic N) is 2. The molecule has 0 spiro atoms. The molecule has 2 N–H and O–H groups in total. The maximum absolute atomic E-state index is 9.54. The number of aliphatic hydroxyl groups excluding tert-OH is 2. The van der Waals surface area contributed by atoms with Crippen molar-refractivity contribution in [2.45, 2.75) is 12.6 Å². The first-order valence-corrected chi connectivity index (χ1v) is 8.14. The van der Waals surface area contributed by atoms with E-state index in [1.54, 1.807) is 21.3 Å². The predicted octanol–water partition coefficient (Wildman–Crippen LogP) is 0.183. The Labute approximate surface area is 143 Å². The minimum absolute atomic E-state index is 0.191. The number of aliphatic hydroxyl groups is 2. The maximum atomic E-state index is 9.54. The molecule has 0 saturated carbocycles. The summed E-state index contributed by atoms with van der Waals surface area (Å²) in [6, 6.07) is 3.90. The Morgan fingerprint density at radius 2 is 1.58 bits per heavy atom. The smallest absolute Gasteiger partial charge is 0.203 e. The number of β-amino-alcohol motifs (C(OH)–C–C–N with tert-alkyl or cyclic N) is 1. The van der Waals surface area contributed by atoms with Crippen LogP contribution in [-0.4, -0.2) is 86.8 Å². The second-order valence-corrected chi connectivity index (χ2v) is 5.91. The highest BCUT2D eigenvalue weighted by Gasteiger charge is 2.22. The molecule has 7 heteroatoms. The largest absolute Gasteiger partial charge is 0.493 e. The van der Waals surface area contributed by atoms with Crippen LogP contribution in [0.3, 0.4) is 0 Å². The molecule has 1 atom stereocenters. The third-order valence-electron chi connectivity index (χ3n) is 4.32. The molecule has 136 valence electrons. The fraction of sp³-hybridized carbons (Fsp3) is 0.647. The van der Waals surface area contributed by atoms with Gasteiger partial charge in [0.15, 0.2) is 11.5 Å². The average molecular weight is 340 g/mol. The Balaban J connectivity index is 2.00. The molecule has 1 heterocycles. The van der Waals surface area contributed by atoms with Crippen LogP contribution in [0.4, 0.5) is 0 Å². The molecule has 0 amide bonds. The molecule has 1 aliphatic rings. The number of benzene rings is 1. The molecule has 1 unspecified atom stereocenters. The Morgan fingerprint density at radius 1 is 0.958 bits per heavy atom. The van der Waals surface area contributed by atoms with Gasteiger partial charge in [0.05, 0.1) is 34.0 Å². The quantitative estimate of drug-likeness (QED) is 0.699. The standard InChI is InChI=1S/C17H28N2O5/c1-22-15-5-4-13(16(23-2)17(15)24-3)10-18-6-8-19(9-7-18)11-14(21)12-20/h4-5,14,20-21H,6-12H2,1-3H3. The molecule has 24 heavy (non-hydrogen) atoms. The van der Waals surface area contributed by atoms with Gasteiger partial charge in [0, 0.05) is 44.8 Å². The van der Waals surface area contributed by atoms with Crippen LogP contribution in [0.25, 0.3) is 0 Å². The minimum atomic E-state index is -0.664. The zero-order chi connectivity index (χ0) is 17.5. The van der Waals surface area contributed by atoms with Gasteiger partial charge >= 0.3 is 0 Å². The molecule has 0 bridgehead atoms. The lowest BCUT2D eigenvalue weighted by atomic mass is 10.1. The van der Waals surface area contributed by atoms with Crippen molar-refractivity contribution >= 4 is 0 Å². The second-order valence-electron chi connectivity index (χ2n) is 5.91. The summed E-state index contributed by atoms with van der Waals surface area (Å²) in [5.41, 5.74) is 1.05. The summed E-state index contributed by atoms with van der Waals surface area (Å²) >= 11 is 0. The third kappa shape index (κ3) is 4.51. The molecule has 1 fully saturated rings. The zero-order valence-corrected chi connectivity index (χ0v) is 14.7. The van der Waals surface area contributed by atoms with E-state index in [1.807, 2.05) is 12.1 Å². The number of methoxy groups -OCH3 is 3. The van der Waals surface area contributed by atoms with Crippen molar-refractivity contribution in [1.29, 1.82) is 0 Å². The number of hydrogen-bond donors (Lipinski definition) is 2. The van der Waals surface area contributed by atoms with E-state index in [0.717, 1.165) is 38.3 Å². The topological polar surface area (TPSA) is 74.6 Å². The molecule has 1 saturated heterocycles. The van der Waals surface area contributed by atoms with Gasteiger partial charge in [-0.15, -0.1) is 0 Å². The van der Waals surface area contributed by atoms with Gasteiger partial charge in [-0.3, -0.25) is 9.80 Å². The van der Waals surface area contributed by atoms with Crippen LogP contribution in [0.2, 0.25) is 0 Å². The molecule has 0 aromatic heterocycles. The van der Waals surface area contributed by atoms with Crippen LogP contribution in [0.1, 0.15) is 5.56 Å². The maximum Gasteiger partial charge on any atom is 0.203 e. The first-order valence-electron chi connectivity index (χ1n) is 8.14. The normalized spacial score (nSPS) is 17.5. The molecule has 0 aliphatic carbocycles. The summed E-state index contributed by atoms with van der Waals surface area (Å²) in [5, 5.41) is 18.5. The summed E-state index contributed by atoms with van der Waals surface area (Å²) in [6.45, 7) is 4.62. The van der Waals surface area contributed by atoms with Gasteiger partial charge in [-0.05, 0) is 6.07 Å². The lowest BCUT2D eigenvalue weighted by molar-refractivity contribution is 0.0382. The molecule has 7 nitrogen and oxygen atoms in total. The first-order chi connectivity index (χ1) is 11.6. The number of ether oxygens (including phenoxy) is 3. The minimum Gasteiger partial charge on any atom is -0.493 e. The summed E-state index contributed by atoms with van der Waals surface area (Å²) in [6.07, 6.45) is -0.664. The monoisotopic (exact) mass is 340 g/mol. The van der Waals surface area contributed by atoms with Crippen LogP contribution in [-0.2, 0) is 6.54 Å². The van der Waals surface area contributed by atoms with Crippen molar-refractivity contribution in [3.05, 3.63) is 17.7 Å². The molecular weight excluding hydrogens is 312 g/mol. The Hall–Kier alpha value is -1.54. The van der Waals surface area contributed by atoms with Crippen molar-refractivity contribution in [1.82, 2.24) is 9.80 Å². The molecule has 0 radical (unpaired) electrons. The highest BCUT2D eigenvalue weighted by Crippen LogP contribution is 2.40. The second kappa shape index (κ2) is 9.08. The fourth-order valence-corrected chi connectivity index (χ4v) is 3.01. The summed E-state index contributed by atoms with van der Waals surface area (Å²) in [7, 11) is 4.85. The Morgan fingerprint density at radius 3 is 2.12 bits per heavy atom. The summed E-state index contributed by atoms with van der Waals surface area (Å²) < 4.78 is 16.3. The Kier molecular flexibility index (Phi) is 7.11. The predicted molar refractivity (Wildman–Crippen MR) is 90.9 cm³/mol. The summed E-state index contributed by atoms with van der Waals surface area (Å²) in [4.78, 5) is 4.51. The van der Waals surface area contributed by atoms with Gasteiger partial charge in [0.25, 0.3) is 0 Å². The molecule has 1 aromatic carbocycles. The van der Waals surface area contributed by atoms with Crippen molar-refractivity contribution in [2.75, 3.05) is 60.7 Å². The van der Waals surface area contributed by atoms with E-state index < -0.39 is 6.10 Å². The van der Waals surface area contributed by atoms with Gasteiger partial charge in [0.1, 0.15) is 0 Å². The van der Waals surface area contributed by atoms with Crippen LogP contribution in [0.15, 0.2) is 12.1 Å². The first kappa shape index (κ1) is 18.8. The SMILES string of the molecule is COc1ccc(CN2CCN(CC(O)CO)CC2)c(OC)c1OC. The van der Waals surface area contributed by atoms with E-state index in [9.17, 15) is 5.11 Å². The van der Waals surface area contributed by atoms with E-state index >= 15 is 0 Å². The lowest BCUT2D eigenvalue weighted by Crippen LogP contribution is -2.48. The molecule has 2 rings (SSSR count). The van der Waals surface area contributed by atoms with E-state index in [-0.39, 0.29) is 6.61 Å². The highest BCUT2D eigenvalue weighted by molar-refractivity contribution is 5.55. The van der Waals surface area contributed by atoms with Gasteiger partial charge in [-0.2, -0.15) is 0 Å². The van der Waals surface area contributed by atoms with Crippen molar-refractivity contribution in [3.63, 3.8) is 0 Å². The van der Waals surface area contributed by atoms with E-state index in [1.165, 1.54) is 0 Å². The average Bonchev–Trinajstić information content (AvgIpc) is 2.62. The van der Waals surface area contributed by atoms with Crippen molar-refractivity contribution < 1.29 is 24.4 Å². The lowest BCUT2D eigenvalue weighted by Gasteiger charge is -2.35. The van der Waals surface area contributed by atoms with Crippen LogP contribution in [0.5, 0.6) is 17.2 Å². The van der Waals surface area contributed by atoms with Crippen LogP contribution < -0.4 is 14.2 Å². The van der Waals surface area contributed by atoms with Gasteiger partial charge < -0.3 is 24.4 Å². The van der Waals surface area contributed by atoms with Crippen LogP contribution in [0, 0.1) is 0 Å². The van der Waals surface area contributed by atoms with Gasteiger partial charge in [-0.25, -0.2) is 0 Å². The van der Waals surface area contributed by atoms with E-state index in [2.05, 4.69) is 9.80 Å². The van der Waals surface area contributed by atoms with E-state index in [4.69, 9.17) is 19.3 Å². The molecular formula is C17H28N2O5. The van der Waals surface area contributed by atoms with Gasteiger partial charge in [0.2, 0.25) is 5.75 Å². The fourth-order valence-electron chi connectivity index (χ4n) is 3.01. The number of hydrogen-bond acceptors (Lipinski definition) is 7. The highest BCUT2D eigenvalue weighted by atomic mass is 16.5. The van der Waals surface area contributed by atoms with Gasteiger partial charge in [-0.1, -0.05) is 6.07 Å². The van der Waals surface area contributed by atoms with E-state index in [0.29, 0.717) is 23.8 Å².